The molecule has 0 fully saturated rings. The number of carboxylic acids is 1. The summed E-state index contributed by atoms with van der Waals surface area (Å²) in [6.45, 7) is -0.145. The molecule has 7 heteroatoms. The van der Waals surface area contributed by atoms with Crippen molar-refractivity contribution in [2.45, 2.75) is 6.54 Å². The molecule has 0 aliphatic rings. The molecule has 0 radical (unpaired) electrons. The lowest BCUT2D eigenvalue weighted by molar-refractivity contribution is 0.0697. The number of nitrogens with one attached hydrogen (secondary N) is 1. The minimum atomic E-state index is -1.22. The van der Waals surface area contributed by atoms with Crippen molar-refractivity contribution in [3.05, 3.63) is 58.9 Å². The molecule has 2 aromatic rings. The van der Waals surface area contributed by atoms with Crippen LogP contribution in [0, 0.1) is 17.5 Å². The minimum absolute atomic E-state index is 0.108. The zero-order valence-corrected chi connectivity index (χ0v) is 10.5. The van der Waals surface area contributed by atoms with Gasteiger partial charge in [0.1, 0.15) is 5.82 Å². The molecule has 2 aromatic carbocycles. The molecule has 0 saturated carbocycles. The molecule has 2 rings (SSSR count). The molecule has 0 bridgehead atoms. The molecule has 0 aromatic heterocycles. The second-order valence-electron chi connectivity index (χ2n) is 4.26. The van der Waals surface area contributed by atoms with E-state index in [-0.39, 0.29) is 23.4 Å². The molecule has 0 unspecified atom stereocenters. The van der Waals surface area contributed by atoms with Crippen molar-refractivity contribution in [2.75, 3.05) is 5.32 Å². The standard InChI is InChI=1S/C14H10F3NO3/c15-9-2-1-8(14(20)21)5-12(9)18-6-7-3-10(16)13(19)11(17)4-7/h1-5,18-19H,6H2,(H,20,21). The third-order valence-electron chi connectivity index (χ3n) is 2.77. The van der Waals surface area contributed by atoms with E-state index in [9.17, 15) is 18.0 Å². The molecule has 0 atom stereocenters. The summed E-state index contributed by atoms with van der Waals surface area (Å²) < 4.78 is 39.8. The van der Waals surface area contributed by atoms with E-state index in [1.807, 2.05) is 0 Å². The number of carboxylic acid groups (broad SMARTS) is 1. The third kappa shape index (κ3) is 3.25. The quantitative estimate of drug-likeness (QED) is 0.811. The second-order valence-corrected chi connectivity index (χ2v) is 4.26. The lowest BCUT2D eigenvalue weighted by Crippen LogP contribution is -2.05. The smallest absolute Gasteiger partial charge is 0.335 e. The van der Waals surface area contributed by atoms with Gasteiger partial charge in [0.15, 0.2) is 17.4 Å². The summed E-state index contributed by atoms with van der Waals surface area (Å²) >= 11 is 0. The summed E-state index contributed by atoms with van der Waals surface area (Å²) in [4.78, 5) is 10.8. The van der Waals surface area contributed by atoms with Crippen molar-refractivity contribution >= 4 is 11.7 Å². The highest BCUT2D eigenvalue weighted by molar-refractivity contribution is 5.88. The predicted octanol–water partition coefficient (Wildman–Crippen LogP) is 3.12. The number of phenols is 1. The average Bonchev–Trinajstić information content (AvgIpc) is 2.43. The first kappa shape index (κ1) is 14.7. The van der Waals surface area contributed by atoms with Crippen molar-refractivity contribution in [3.8, 4) is 5.75 Å². The van der Waals surface area contributed by atoms with Gasteiger partial charge < -0.3 is 15.5 Å². The van der Waals surface area contributed by atoms with Gasteiger partial charge in [-0.1, -0.05) is 0 Å². The Labute approximate surface area is 117 Å². The van der Waals surface area contributed by atoms with Gasteiger partial charge in [-0.3, -0.25) is 0 Å². The molecule has 0 saturated heterocycles. The van der Waals surface area contributed by atoms with Crippen molar-refractivity contribution in [3.63, 3.8) is 0 Å². The minimum Gasteiger partial charge on any atom is -0.503 e. The number of hydrogen-bond donors (Lipinski definition) is 3. The molecular weight excluding hydrogens is 287 g/mol. The monoisotopic (exact) mass is 297 g/mol. The Morgan fingerprint density at radius 1 is 1.05 bits per heavy atom. The molecule has 4 nitrogen and oxygen atoms in total. The Balaban J connectivity index is 2.20. The number of phenolic OH excluding ortho intramolecular Hbond substituents is 1. The molecule has 0 aliphatic carbocycles. The third-order valence-corrected chi connectivity index (χ3v) is 2.77. The normalized spacial score (nSPS) is 10.4. The fourth-order valence-corrected chi connectivity index (χ4v) is 1.71. The zero-order valence-electron chi connectivity index (χ0n) is 10.5. The van der Waals surface area contributed by atoms with Gasteiger partial charge in [0.25, 0.3) is 0 Å². The SMILES string of the molecule is O=C(O)c1ccc(F)c(NCc2cc(F)c(O)c(F)c2)c1. The maximum atomic E-state index is 13.5. The van der Waals surface area contributed by atoms with Gasteiger partial charge in [-0.25, -0.2) is 18.0 Å². The van der Waals surface area contributed by atoms with Gasteiger partial charge in [-0.2, -0.15) is 0 Å². The van der Waals surface area contributed by atoms with E-state index in [1.54, 1.807) is 0 Å². The van der Waals surface area contributed by atoms with E-state index in [0.717, 1.165) is 30.3 Å². The van der Waals surface area contributed by atoms with Crippen LogP contribution in [0.1, 0.15) is 15.9 Å². The van der Waals surface area contributed by atoms with Crippen LogP contribution in [0.15, 0.2) is 30.3 Å². The van der Waals surface area contributed by atoms with Gasteiger partial charge in [0, 0.05) is 6.54 Å². The van der Waals surface area contributed by atoms with Crippen LogP contribution in [0.25, 0.3) is 0 Å². The first-order chi connectivity index (χ1) is 9.88. The van der Waals surface area contributed by atoms with Gasteiger partial charge in [0.05, 0.1) is 11.3 Å². The summed E-state index contributed by atoms with van der Waals surface area (Å²) in [5, 5.41) is 20.3. The number of anilines is 1. The number of benzene rings is 2. The van der Waals surface area contributed by atoms with Gasteiger partial charge >= 0.3 is 5.97 Å². The molecule has 0 amide bonds. The Hall–Kier alpha value is -2.70. The van der Waals surface area contributed by atoms with Crippen LogP contribution < -0.4 is 5.32 Å². The van der Waals surface area contributed by atoms with Crippen LogP contribution in [0.4, 0.5) is 18.9 Å². The van der Waals surface area contributed by atoms with E-state index in [2.05, 4.69) is 5.32 Å². The fraction of sp³-hybridized carbons (Fsp3) is 0.0714. The summed E-state index contributed by atoms with van der Waals surface area (Å²) in [6.07, 6.45) is 0. The van der Waals surface area contributed by atoms with Gasteiger partial charge in [0.2, 0.25) is 0 Å². The largest absolute Gasteiger partial charge is 0.503 e. The van der Waals surface area contributed by atoms with E-state index in [1.165, 1.54) is 0 Å². The second kappa shape index (κ2) is 5.74. The summed E-state index contributed by atoms with van der Waals surface area (Å²) in [6, 6.07) is 4.94. The lowest BCUT2D eigenvalue weighted by atomic mass is 10.1. The van der Waals surface area contributed by atoms with E-state index >= 15 is 0 Å². The summed E-state index contributed by atoms with van der Waals surface area (Å²) in [5.74, 6) is -5.27. The number of halogens is 3. The Bertz CT molecular complexity index is 681. The number of hydrogen-bond acceptors (Lipinski definition) is 3. The molecule has 0 heterocycles. The van der Waals surface area contributed by atoms with Crippen LogP contribution in [0.5, 0.6) is 5.75 Å². The van der Waals surface area contributed by atoms with Crippen LogP contribution in [0.3, 0.4) is 0 Å². The number of carbonyl (C=O) groups is 1. The molecule has 3 N–H and O–H groups in total. The topological polar surface area (TPSA) is 69.6 Å². The lowest BCUT2D eigenvalue weighted by Gasteiger charge is -2.09. The molecule has 21 heavy (non-hydrogen) atoms. The van der Waals surface area contributed by atoms with Crippen molar-refractivity contribution < 1.29 is 28.2 Å². The Morgan fingerprint density at radius 3 is 2.24 bits per heavy atom. The average molecular weight is 297 g/mol. The van der Waals surface area contributed by atoms with Crippen molar-refractivity contribution in [2.24, 2.45) is 0 Å². The maximum Gasteiger partial charge on any atom is 0.335 e. The van der Waals surface area contributed by atoms with Crippen molar-refractivity contribution in [1.82, 2.24) is 0 Å². The first-order valence-corrected chi connectivity index (χ1v) is 5.82. The number of aromatic carboxylic acids is 1. The summed E-state index contributed by atoms with van der Waals surface area (Å²) in [7, 11) is 0. The highest BCUT2D eigenvalue weighted by Gasteiger charge is 2.11. The van der Waals surface area contributed by atoms with Gasteiger partial charge in [-0.15, -0.1) is 0 Å². The predicted molar refractivity (Wildman–Crippen MR) is 68.7 cm³/mol. The Morgan fingerprint density at radius 2 is 1.67 bits per heavy atom. The van der Waals surface area contributed by atoms with Crippen LogP contribution in [0.2, 0.25) is 0 Å². The van der Waals surface area contributed by atoms with E-state index in [0.29, 0.717) is 0 Å². The van der Waals surface area contributed by atoms with E-state index < -0.39 is 29.2 Å². The maximum absolute atomic E-state index is 13.5. The highest BCUT2D eigenvalue weighted by atomic mass is 19.1. The molecular formula is C14H10F3NO3. The number of rotatable bonds is 4. The molecule has 0 spiro atoms. The zero-order chi connectivity index (χ0) is 15.6. The van der Waals surface area contributed by atoms with Crippen LogP contribution in [-0.2, 0) is 6.54 Å². The summed E-state index contributed by atoms with van der Waals surface area (Å²) in [5.41, 5.74) is -0.103. The first-order valence-electron chi connectivity index (χ1n) is 5.82. The Kier molecular flexibility index (Phi) is 4.02. The number of aromatic hydroxyl groups is 1. The fourth-order valence-electron chi connectivity index (χ4n) is 1.71. The van der Waals surface area contributed by atoms with Crippen molar-refractivity contribution in [1.29, 1.82) is 0 Å². The molecule has 110 valence electrons. The van der Waals surface area contributed by atoms with Crippen LogP contribution >= 0.6 is 0 Å². The highest BCUT2D eigenvalue weighted by Crippen LogP contribution is 2.23. The van der Waals surface area contributed by atoms with Gasteiger partial charge in [-0.05, 0) is 35.9 Å². The van der Waals surface area contributed by atoms with Crippen LogP contribution in [-0.4, -0.2) is 16.2 Å². The molecule has 0 aliphatic heterocycles. The van der Waals surface area contributed by atoms with E-state index in [4.69, 9.17) is 10.2 Å².